The molecule has 0 aromatic heterocycles. The fraction of sp³-hybridized carbons (Fsp3) is 0.464. The minimum absolute atomic E-state index is 0.0138. The van der Waals surface area contributed by atoms with Crippen molar-refractivity contribution in [2.24, 2.45) is 0 Å². The zero-order valence-electron chi connectivity index (χ0n) is 20.8. The Kier molecular flexibility index (Phi) is 8.51. The van der Waals surface area contributed by atoms with Crippen LogP contribution in [0.5, 0.6) is 11.5 Å². The highest BCUT2D eigenvalue weighted by molar-refractivity contribution is 6.30. The summed E-state index contributed by atoms with van der Waals surface area (Å²) in [7, 11) is 0. The first-order valence-electron chi connectivity index (χ1n) is 12.9. The lowest BCUT2D eigenvalue weighted by atomic mass is 9.93. The Morgan fingerprint density at radius 1 is 1.03 bits per heavy atom. The van der Waals surface area contributed by atoms with Crippen LogP contribution in [0.4, 0.5) is 0 Å². The van der Waals surface area contributed by atoms with Gasteiger partial charge in [-0.05, 0) is 54.3 Å². The van der Waals surface area contributed by atoms with Crippen molar-refractivity contribution in [2.75, 3.05) is 46.2 Å². The molecular formula is C28H33ClN2O6. The molecule has 5 rings (SSSR count). The zero-order valence-corrected chi connectivity index (χ0v) is 21.6. The topological polar surface area (TPSA) is 80.7 Å². The van der Waals surface area contributed by atoms with Gasteiger partial charge < -0.3 is 29.0 Å². The summed E-state index contributed by atoms with van der Waals surface area (Å²) in [6.45, 7) is 4.45. The Hall–Kier alpha value is -2.78. The molecule has 3 aliphatic heterocycles. The number of rotatable bonds is 9. The molecule has 1 fully saturated rings. The van der Waals surface area contributed by atoms with Crippen molar-refractivity contribution >= 4 is 17.5 Å². The van der Waals surface area contributed by atoms with E-state index in [4.69, 9.17) is 35.7 Å². The van der Waals surface area contributed by atoms with Crippen LogP contribution in [0.25, 0.3) is 0 Å². The molecule has 37 heavy (non-hydrogen) atoms. The lowest BCUT2D eigenvalue weighted by Crippen LogP contribution is -2.49. The number of hydrogen-bond donors (Lipinski definition) is 1. The van der Waals surface area contributed by atoms with Crippen molar-refractivity contribution in [3.8, 4) is 11.5 Å². The number of carbonyl (C=O) groups is 1. The fourth-order valence-corrected chi connectivity index (χ4v) is 4.97. The van der Waals surface area contributed by atoms with E-state index in [9.17, 15) is 4.79 Å². The van der Waals surface area contributed by atoms with Gasteiger partial charge in [-0.25, -0.2) is 0 Å². The molecule has 3 heterocycles. The highest BCUT2D eigenvalue weighted by Crippen LogP contribution is 2.34. The van der Waals surface area contributed by atoms with Gasteiger partial charge in [-0.1, -0.05) is 29.8 Å². The molecule has 1 amide bonds. The molecule has 2 aromatic rings. The van der Waals surface area contributed by atoms with Crippen LogP contribution in [-0.4, -0.2) is 73.3 Å². The summed E-state index contributed by atoms with van der Waals surface area (Å²) in [4.78, 5) is 17.7. The van der Waals surface area contributed by atoms with E-state index in [1.807, 2.05) is 47.4 Å². The first-order valence-corrected chi connectivity index (χ1v) is 13.2. The average molecular weight is 529 g/mol. The quantitative estimate of drug-likeness (QED) is 0.494. The second-order valence-electron chi connectivity index (χ2n) is 9.53. The first kappa shape index (κ1) is 25.9. The Bertz CT molecular complexity index is 1100. The number of carbonyl (C=O) groups excluding carboxylic acids is 1. The Balaban J connectivity index is 1.21. The number of amides is 1. The van der Waals surface area contributed by atoms with Crippen molar-refractivity contribution in [1.29, 1.82) is 0 Å². The minimum Gasteiger partial charge on any atom is -0.459 e. The number of hydrogen-bond acceptors (Lipinski definition) is 7. The van der Waals surface area contributed by atoms with Crippen LogP contribution >= 0.6 is 11.6 Å². The van der Waals surface area contributed by atoms with E-state index in [-0.39, 0.29) is 25.2 Å². The molecule has 8 nitrogen and oxygen atoms in total. The maximum absolute atomic E-state index is 13.5. The first-order chi connectivity index (χ1) is 18.1. The number of benzene rings is 2. The lowest BCUT2D eigenvalue weighted by Gasteiger charge is -2.36. The van der Waals surface area contributed by atoms with Gasteiger partial charge in [-0.15, -0.1) is 0 Å². The molecule has 0 bridgehead atoms. The molecule has 1 saturated heterocycles. The molecule has 2 aromatic carbocycles. The van der Waals surface area contributed by atoms with Gasteiger partial charge in [0.2, 0.25) is 13.1 Å². The molecule has 9 heteroatoms. The van der Waals surface area contributed by atoms with Crippen LogP contribution in [0.1, 0.15) is 36.3 Å². The Labute approximate surface area is 222 Å². The van der Waals surface area contributed by atoms with E-state index in [0.717, 1.165) is 48.7 Å². The third kappa shape index (κ3) is 6.57. The van der Waals surface area contributed by atoms with E-state index in [0.29, 0.717) is 43.3 Å². The summed E-state index contributed by atoms with van der Waals surface area (Å²) >= 11 is 6.08. The third-order valence-electron chi connectivity index (χ3n) is 6.93. The molecule has 0 spiro atoms. The van der Waals surface area contributed by atoms with Gasteiger partial charge in [0.25, 0.3) is 5.91 Å². The maximum atomic E-state index is 13.5. The van der Waals surface area contributed by atoms with Gasteiger partial charge in [-0.2, -0.15) is 0 Å². The molecule has 0 radical (unpaired) electrons. The highest BCUT2D eigenvalue weighted by atomic mass is 35.5. The number of ether oxygens (including phenoxy) is 4. The maximum Gasteiger partial charge on any atom is 0.288 e. The van der Waals surface area contributed by atoms with Crippen LogP contribution < -0.4 is 9.47 Å². The molecule has 0 saturated carbocycles. The molecule has 2 atom stereocenters. The lowest BCUT2D eigenvalue weighted by molar-refractivity contribution is -0.154. The predicted octanol–water partition coefficient (Wildman–Crippen LogP) is 3.92. The molecule has 3 aliphatic rings. The van der Waals surface area contributed by atoms with E-state index in [1.54, 1.807) is 0 Å². The Morgan fingerprint density at radius 3 is 2.59 bits per heavy atom. The van der Waals surface area contributed by atoms with Crippen LogP contribution in [0, 0.1) is 0 Å². The van der Waals surface area contributed by atoms with Crippen molar-refractivity contribution in [3.63, 3.8) is 0 Å². The summed E-state index contributed by atoms with van der Waals surface area (Å²) in [5, 5.41) is 9.72. The number of aliphatic hydroxyl groups is 1. The van der Waals surface area contributed by atoms with Gasteiger partial charge in [0.15, 0.2) is 17.3 Å². The monoisotopic (exact) mass is 528 g/mol. The summed E-state index contributed by atoms with van der Waals surface area (Å²) in [5.41, 5.74) is 2.23. The van der Waals surface area contributed by atoms with Gasteiger partial charge in [0.1, 0.15) is 0 Å². The van der Waals surface area contributed by atoms with Crippen LogP contribution in [0.2, 0.25) is 5.02 Å². The average Bonchev–Trinajstić information content (AvgIpc) is 3.39. The largest absolute Gasteiger partial charge is 0.459 e. The third-order valence-corrected chi connectivity index (χ3v) is 7.18. The van der Waals surface area contributed by atoms with Gasteiger partial charge >= 0.3 is 0 Å². The molecular weight excluding hydrogens is 496 g/mol. The molecule has 198 valence electrons. The standard InChI is InChI=1S/C28H33ClN2O6/c29-23-6-4-21(5-7-23)22-16-26(37-27(17-22)34-14-2-1-13-32)28(33)31-11-9-30(10-12-31)18-20-3-8-24-25(15-20)36-19-35-24/h3-8,15-16,22,27,32H,1-2,9-14,17-19H2/t22-,27+/m1/s1. The Morgan fingerprint density at radius 2 is 1.81 bits per heavy atom. The molecule has 1 N–H and O–H groups in total. The number of aliphatic hydroxyl groups excluding tert-OH is 1. The van der Waals surface area contributed by atoms with E-state index >= 15 is 0 Å². The fourth-order valence-electron chi connectivity index (χ4n) is 4.84. The van der Waals surface area contributed by atoms with Gasteiger partial charge in [-0.3, -0.25) is 9.69 Å². The minimum atomic E-state index is -0.518. The van der Waals surface area contributed by atoms with E-state index in [1.165, 1.54) is 0 Å². The zero-order chi connectivity index (χ0) is 25.6. The smallest absolute Gasteiger partial charge is 0.288 e. The molecule has 0 aliphatic carbocycles. The number of unbranched alkanes of at least 4 members (excludes halogenated alkanes) is 1. The highest BCUT2D eigenvalue weighted by Gasteiger charge is 2.32. The van der Waals surface area contributed by atoms with Crippen molar-refractivity contribution in [1.82, 2.24) is 9.80 Å². The second-order valence-corrected chi connectivity index (χ2v) is 9.97. The number of piperazine rings is 1. The van der Waals surface area contributed by atoms with E-state index in [2.05, 4.69) is 11.0 Å². The second kappa shape index (κ2) is 12.2. The number of nitrogens with zero attached hydrogens (tertiary/aromatic N) is 2. The van der Waals surface area contributed by atoms with Crippen LogP contribution in [0.3, 0.4) is 0 Å². The number of fused-ring (bicyclic) bond motifs is 1. The van der Waals surface area contributed by atoms with Gasteiger partial charge in [0.05, 0.1) is 6.61 Å². The summed E-state index contributed by atoms with van der Waals surface area (Å²) in [5.74, 6) is 1.79. The summed E-state index contributed by atoms with van der Waals surface area (Å²) < 4.78 is 22.9. The molecule has 0 unspecified atom stereocenters. The predicted molar refractivity (Wildman–Crippen MR) is 138 cm³/mol. The van der Waals surface area contributed by atoms with Crippen LogP contribution in [-0.2, 0) is 20.8 Å². The summed E-state index contributed by atoms with van der Waals surface area (Å²) in [6.07, 6.45) is 3.42. The summed E-state index contributed by atoms with van der Waals surface area (Å²) in [6, 6.07) is 13.7. The van der Waals surface area contributed by atoms with Crippen LogP contribution in [0.15, 0.2) is 54.3 Å². The van der Waals surface area contributed by atoms with Crippen molar-refractivity contribution in [2.45, 2.75) is 38.0 Å². The van der Waals surface area contributed by atoms with Crippen molar-refractivity contribution in [3.05, 3.63) is 70.4 Å². The number of allylic oxidation sites excluding steroid dienone is 1. The van der Waals surface area contributed by atoms with E-state index < -0.39 is 6.29 Å². The van der Waals surface area contributed by atoms with Crippen molar-refractivity contribution < 1.29 is 28.8 Å². The normalized spacial score (nSPS) is 21.5. The number of halogens is 1. The van der Waals surface area contributed by atoms with Gasteiger partial charge in [0, 0.05) is 56.7 Å². The SMILES string of the molecule is O=C(C1=C[C@@H](c2ccc(Cl)cc2)C[C@@H](OCCCCO)O1)N1CCN(Cc2ccc3c(c2)OCO3)CC1.